The van der Waals surface area contributed by atoms with Gasteiger partial charge in [-0.25, -0.2) is 0 Å². The lowest BCUT2D eigenvalue weighted by Gasteiger charge is -2.32. The Morgan fingerprint density at radius 1 is 1.29 bits per heavy atom. The maximum absolute atomic E-state index is 11.6. The minimum absolute atomic E-state index is 0.0651. The molecule has 2 unspecified atom stereocenters. The molecule has 0 saturated heterocycles. The summed E-state index contributed by atoms with van der Waals surface area (Å²) in [6.45, 7) is 4.00. The minimum atomic E-state index is -0.225. The van der Waals surface area contributed by atoms with Gasteiger partial charge in [0.2, 0.25) is 0 Å². The second-order valence-electron chi connectivity index (χ2n) is 4.04. The number of oxime groups is 1. The summed E-state index contributed by atoms with van der Waals surface area (Å²) in [5, 5.41) is 12.0. The van der Waals surface area contributed by atoms with Gasteiger partial charge in [-0.3, -0.25) is 4.79 Å². The Kier molecular flexibility index (Phi) is 2.02. The van der Waals surface area contributed by atoms with Crippen molar-refractivity contribution in [3.05, 3.63) is 23.3 Å². The third kappa shape index (κ3) is 1.20. The average molecular weight is 191 g/mol. The van der Waals surface area contributed by atoms with Crippen molar-refractivity contribution in [1.82, 2.24) is 0 Å². The molecule has 0 radical (unpaired) electrons. The SMILES string of the molecule is CC1=CC(=O)C2CC1C(C)=CC2=NO. The number of nitrogens with zero attached hydrogens (tertiary/aromatic N) is 1. The molecule has 0 saturated carbocycles. The van der Waals surface area contributed by atoms with Gasteiger partial charge in [-0.05, 0) is 32.4 Å². The number of rotatable bonds is 0. The van der Waals surface area contributed by atoms with E-state index in [1.807, 2.05) is 19.9 Å². The quantitative estimate of drug-likeness (QED) is 0.470. The second-order valence-corrected chi connectivity index (χ2v) is 4.04. The van der Waals surface area contributed by atoms with Gasteiger partial charge in [0.25, 0.3) is 0 Å². The van der Waals surface area contributed by atoms with Gasteiger partial charge in [0.05, 0.1) is 11.6 Å². The number of fused-ring (bicyclic) bond motifs is 2. The fraction of sp³-hybridized carbons (Fsp3) is 0.455. The van der Waals surface area contributed by atoms with Crippen LogP contribution in [0.5, 0.6) is 0 Å². The molecule has 2 atom stereocenters. The summed E-state index contributed by atoms with van der Waals surface area (Å²) in [6.07, 6.45) is 4.27. The lowest BCUT2D eigenvalue weighted by molar-refractivity contribution is -0.117. The van der Waals surface area contributed by atoms with E-state index < -0.39 is 0 Å². The topological polar surface area (TPSA) is 49.7 Å². The Labute approximate surface area is 82.8 Å². The van der Waals surface area contributed by atoms with Crippen LogP contribution in [0, 0.1) is 11.8 Å². The minimum Gasteiger partial charge on any atom is -0.411 e. The van der Waals surface area contributed by atoms with Gasteiger partial charge in [-0.2, -0.15) is 0 Å². The third-order valence-corrected chi connectivity index (χ3v) is 3.13. The molecule has 1 N–H and O–H groups in total. The Balaban J connectivity index is 2.49. The molecule has 2 aliphatic carbocycles. The smallest absolute Gasteiger partial charge is 0.164 e. The fourth-order valence-electron chi connectivity index (χ4n) is 2.31. The van der Waals surface area contributed by atoms with E-state index in [1.54, 1.807) is 6.08 Å². The molecule has 0 spiro atoms. The van der Waals surface area contributed by atoms with E-state index >= 15 is 0 Å². The van der Waals surface area contributed by atoms with Crippen LogP contribution in [0.25, 0.3) is 0 Å². The monoisotopic (exact) mass is 191 g/mol. The molecule has 0 aromatic rings. The molecule has 0 fully saturated rings. The summed E-state index contributed by atoms with van der Waals surface area (Å²) in [6, 6.07) is 0. The van der Waals surface area contributed by atoms with Crippen molar-refractivity contribution in [3.63, 3.8) is 0 Å². The van der Waals surface area contributed by atoms with Crippen molar-refractivity contribution in [2.24, 2.45) is 17.0 Å². The molecule has 2 aliphatic rings. The van der Waals surface area contributed by atoms with Crippen molar-refractivity contribution >= 4 is 11.5 Å². The van der Waals surface area contributed by atoms with Gasteiger partial charge in [0, 0.05) is 5.92 Å². The summed E-state index contributed by atoms with van der Waals surface area (Å²) in [7, 11) is 0. The van der Waals surface area contributed by atoms with Crippen LogP contribution in [0.2, 0.25) is 0 Å². The van der Waals surface area contributed by atoms with Gasteiger partial charge < -0.3 is 5.21 Å². The highest BCUT2D eigenvalue weighted by molar-refractivity contribution is 6.15. The molecule has 3 heteroatoms. The summed E-state index contributed by atoms with van der Waals surface area (Å²) < 4.78 is 0. The molecule has 0 aromatic heterocycles. The maximum atomic E-state index is 11.6. The Hall–Kier alpha value is -1.38. The van der Waals surface area contributed by atoms with Crippen LogP contribution in [-0.4, -0.2) is 16.7 Å². The molecular formula is C11H13NO2. The van der Waals surface area contributed by atoms with Crippen molar-refractivity contribution < 1.29 is 10.0 Å². The van der Waals surface area contributed by atoms with Crippen LogP contribution in [0.4, 0.5) is 0 Å². The van der Waals surface area contributed by atoms with Crippen molar-refractivity contribution in [3.8, 4) is 0 Å². The van der Waals surface area contributed by atoms with E-state index in [1.165, 1.54) is 5.57 Å². The third-order valence-electron chi connectivity index (χ3n) is 3.13. The molecule has 0 amide bonds. The Morgan fingerprint density at radius 3 is 2.57 bits per heavy atom. The largest absolute Gasteiger partial charge is 0.411 e. The van der Waals surface area contributed by atoms with Crippen LogP contribution in [0.1, 0.15) is 20.3 Å². The summed E-state index contributed by atoms with van der Waals surface area (Å²) in [4.78, 5) is 11.6. The van der Waals surface area contributed by atoms with E-state index in [0.29, 0.717) is 11.6 Å². The van der Waals surface area contributed by atoms with Crippen LogP contribution < -0.4 is 0 Å². The number of allylic oxidation sites excluding steroid dienone is 4. The van der Waals surface area contributed by atoms with E-state index in [4.69, 9.17) is 5.21 Å². The van der Waals surface area contributed by atoms with Crippen LogP contribution in [0.15, 0.2) is 28.5 Å². The highest BCUT2D eigenvalue weighted by atomic mass is 16.4. The first kappa shape index (κ1) is 9.19. The van der Waals surface area contributed by atoms with Crippen molar-refractivity contribution in [2.45, 2.75) is 20.3 Å². The highest BCUT2D eigenvalue weighted by Crippen LogP contribution is 2.37. The van der Waals surface area contributed by atoms with E-state index in [0.717, 1.165) is 12.0 Å². The number of hydrogen-bond donors (Lipinski definition) is 1. The van der Waals surface area contributed by atoms with Gasteiger partial charge in [0.15, 0.2) is 5.78 Å². The molecule has 2 rings (SSSR count). The van der Waals surface area contributed by atoms with E-state index in [9.17, 15) is 4.79 Å². The predicted molar refractivity (Wildman–Crippen MR) is 53.3 cm³/mol. The second kappa shape index (κ2) is 3.08. The van der Waals surface area contributed by atoms with Crippen LogP contribution in [0.3, 0.4) is 0 Å². The van der Waals surface area contributed by atoms with Crippen molar-refractivity contribution in [2.75, 3.05) is 0 Å². The number of ketones is 1. The molecule has 74 valence electrons. The zero-order valence-electron chi connectivity index (χ0n) is 8.32. The first-order valence-electron chi connectivity index (χ1n) is 4.75. The fourth-order valence-corrected chi connectivity index (χ4v) is 2.31. The normalized spacial score (nSPS) is 34.1. The van der Waals surface area contributed by atoms with Crippen molar-refractivity contribution in [1.29, 1.82) is 0 Å². The van der Waals surface area contributed by atoms with Gasteiger partial charge in [-0.1, -0.05) is 16.3 Å². The van der Waals surface area contributed by atoms with Crippen LogP contribution >= 0.6 is 0 Å². The predicted octanol–water partition coefficient (Wildman–Crippen LogP) is 1.93. The van der Waals surface area contributed by atoms with Gasteiger partial charge in [-0.15, -0.1) is 0 Å². The first-order chi connectivity index (χ1) is 6.63. The standard InChI is InChI=1S/C11H13NO2/c1-6-3-10(12-14)9-5-8(6)7(2)4-11(9)13/h3-4,8-9,14H,5H2,1-2H3. The number of carbonyl (C=O) groups excluding carboxylic acids is 1. The zero-order valence-corrected chi connectivity index (χ0v) is 8.32. The Bertz CT molecular complexity index is 377. The molecule has 2 bridgehead atoms. The highest BCUT2D eigenvalue weighted by Gasteiger charge is 2.35. The van der Waals surface area contributed by atoms with E-state index in [-0.39, 0.29) is 11.7 Å². The number of hydrogen-bond acceptors (Lipinski definition) is 3. The first-order valence-corrected chi connectivity index (χ1v) is 4.75. The zero-order chi connectivity index (χ0) is 10.3. The van der Waals surface area contributed by atoms with E-state index in [2.05, 4.69) is 5.16 Å². The summed E-state index contributed by atoms with van der Waals surface area (Å²) >= 11 is 0. The molecule has 0 aromatic carbocycles. The number of carbonyl (C=O) groups is 1. The van der Waals surface area contributed by atoms with Gasteiger partial charge >= 0.3 is 0 Å². The lowest BCUT2D eigenvalue weighted by Crippen LogP contribution is -2.33. The summed E-state index contributed by atoms with van der Waals surface area (Å²) in [5.74, 6) is 0.205. The lowest BCUT2D eigenvalue weighted by atomic mass is 9.71. The summed E-state index contributed by atoms with van der Waals surface area (Å²) in [5.41, 5.74) is 2.81. The maximum Gasteiger partial charge on any atom is 0.164 e. The molecule has 0 heterocycles. The Morgan fingerprint density at radius 2 is 1.93 bits per heavy atom. The molecular weight excluding hydrogens is 178 g/mol. The van der Waals surface area contributed by atoms with Gasteiger partial charge in [0.1, 0.15) is 0 Å². The molecule has 0 aliphatic heterocycles. The molecule has 14 heavy (non-hydrogen) atoms. The molecule has 3 nitrogen and oxygen atoms in total. The average Bonchev–Trinajstić information content (AvgIpc) is 2.15. The van der Waals surface area contributed by atoms with Crippen LogP contribution in [-0.2, 0) is 4.79 Å².